The molecular weight excluding hydrogens is 403 g/mol. The van der Waals surface area contributed by atoms with Crippen LogP contribution in [0.15, 0.2) is 18.2 Å². The molecule has 1 saturated heterocycles. The molecule has 1 aromatic rings. The van der Waals surface area contributed by atoms with E-state index in [1.165, 1.54) is 12.1 Å². The van der Waals surface area contributed by atoms with Crippen LogP contribution in [0.3, 0.4) is 0 Å². The van der Waals surface area contributed by atoms with Gasteiger partial charge >= 0.3 is 0 Å². The van der Waals surface area contributed by atoms with E-state index >= 15 is 0 Å². The minimum absolute atomic E-state index is 0.0120. The Morgan fingerprint density at radius 1 is 1.19 bits per heavy atom. The molecule has 0 aromatic heterocycles. The first-order valence-electron chi connectivity index (χ1n) is 8.42. The number of likely N-dealkylation sites (tertiary alicyclic amines) is 1. The number of nitrogens with zero attached hydrogens (tertiary/aromatic N) is 1. The van der Waals surface area contributed by atoms with Gasteiger partial charge in [0.2, 0.25) is 10.0 Å². The van der Waals surface area contributed by atoms with E-state index in [2.05, 4.69) is 4.72 Å². The van der Waals surface area contributed by atoms with Gasteiger partial charge in [0.25, 0.3) is 0 Å². The van der Waals surface area contributed by atoms with Crippen LogP contribution in [0.4, 0.5) is 4.39 Å². The summed E-state index contributed by atoms with van der Waals surface area (Å²) in [5.41, 5.74) is 0.287. The minimum atomic E-state index is -3.67. The van der Waals surface area contributed by atoms with Crippen LogP contribution in [0.2, 0.25) is 5.02 Å². The fourth-order valence-electron chi connectivity index (χ4n) is 3.09. The largest absolute Gasteiger partial charge is 0.295 e. The first-order valence-corrected chi connectivity index (χ1v) is 12.5. The number of sulfonamides is 1. The maximum Gasteiger partial charge on any atom is 0.211 e. The van der Waals surface area contributed by atoms with Crippen molar-refractivity contribution < 1.29 is 21.2 Å². The third-order valence-electron chi connectivity index (χ3n) is 4.34. The van der Waals surface area contributed by atoms with Gasteiger partial charge in [-0.05, 0) is 44.5 Å². The molecule has 0 spiro atoms. The highest BCUT2D eigenvalue weighted by atomic mass is 35.5. The molecule has 1 aliphatic heterocycles. The Morgan fingerprint density at radius 3 is 2.42 bits per heavy atom. The Kier molecular flexibility index (Phi) is 7.43. The molecule has 0 radical (unpaired) electrons. The maximum absolute atomic E-state index is 14.4. The Morgan fingerprint density at radius 2 is 1.85 bits per heavy atom. The van der Waals surface area contributed by atoms with Gasteiger partial charge in [0.05, 0.1) is 17.5 Å². The predicted octanol–water partition coefficient (Wildman–Crippen LogP) is 1.97. The molecule has 1 aromatic carbocycles. The van der Waals surface area contributed by atoms with E-state index in [9.17, 15) is 21.2 Å². The second kappa shape index (κ2) is 8.97. The first kappa shape index (κ1) is 21.6. The lowest BCUT2D eigenvalue weighted by Crippen LogP contribution is -2.38. The lowest BCUT2D eigenvalue weighted by atomic mass is 10.0. The summed E-state index contributed by atoms with van der Waals surface area (Å²) in [4.78, 5) is 2.02. The Balaban J connectivity index is 2.10. The lowest BCUT2D eigenvalue weighted by Gasteiger charge is -2.29. The summed E-state index contributed by atoms with van der Waals surface area (Å²) in [7, 11) is -6.88. The second-order valence-electron chi connectivity index (χ2n) is 6.54. The monoisotopic (exact) mass is 426 g/mol. The number of hydrogen-bond donors (Lipinski definition) is 1. The third-order valence-corrected chi connectivity index (χ3v) is 7.13. The van der Waals surface area contributed by atoms with Crippen molar-refractivity contribution in [2.24, 2.45) is 0 Å². The molecule has 1 N–H and O–H groups in total. The fraction of sp³-hybridized carbons (Fsp3) is 0.625. The molecule has 1 aliphatic rings. The van der Waals surface area contributed by atoms with E-state index in [0.29, 0.717) is 0 Å². The van der Waals surface area contributed by atoms with Gasteiger partial charge in [-0.25, -0.2) is 25.9 Å². The molecule has 0 amide bonds. The van der Waals surface area contributed by atoms with E-state index in [4.69, 9.17) is 11.6 Å². The van der Waals surface area contributed by atoms with Gasteiger partial charge in [-0.2, -0.15) is 0 Å². The van der Waals surface area contributed by atoms with Gasteiger partial charge in [-0.15, -0.1) is 0 Å². The zero-order chi connectivity index (χ0) is 19.4. The molecule has 0 saturated carbocycles. The van der Waals surface area contributed by atoms with Crippen molar-refractivity contribution in [2.75, 3.05) is 37.4 Å². The number of halogens is 2. The summed E-state index contributed by atoms with van der Waals surface area (Å²) in [6.07, 6.45) is 3.01. The molecule has 2 rings (SSSR count). The SMILES string of the molecule is CS(=O)(=O)CCCS(=O)(=O)NCC(c1c(F)cccc1Cl)N1CCCC1. The van der Waals surface area contributed by atoms with Crippen molar-refractivity contribution in [3.63, 3.8) is 0 Å². The van der Waals surface area contributed by atoms with Gasteiger partial charge < -0.3 is 0 Å². The fourth-order valence-corrected chi connectivity index (χ4v) is 5.31. The Hall–Kier alpha value is -0.740. The maximum atomic E-state index is 14.4. The molecular formula is C16H24ClFN2O4S2. The molecule has 0 aliphatic carbocycles. The van der Waals surface area contributed by atoms with Crippen molar-refractivity contribution in [1.29, 1.82) is 0 Å². The van der Waals surface area contributed by atoms with Crippen LogP contribution in [-0.2, 0) is 19.9 Å². The number of rotatable bonds is 9. The van der Waals surface area contributed by atoms with Crippen LogP contribution in [0.25, 0.3) is 0 Å². The molecule has 1 heterocycles. The Labute approximate surface area is 159 Å². The van der Waals surface area contributed by atoms with Gasteiger partial charge in [0, 0.05) is 23.4 Å². The number of hydrogen-bond acceptors (Lipinski definition) is 5. The second-order valence-corrected chi connectivity index (χ2v) is 11.1. The lowest BCUT2D eigenvalue weighted by molar-refractivity contribution is 0.241. The van der Waals surface area contributed by atoms with Crippen molar-refractivity contribution in [3.05, 3.63) is 34.6 Å². The third kappa shape index (κ3) is 6.45. The van der Waals surface area contributed by atoms with E-state index in [0.717, 1.165) is 32.2 Å². The number of nitrogens with one attached hydrogen (secondary N) is 1. The molecule has 1 atom stereocenters. The standard InChI is InChI=1S/C16H24ClFN2O4S2/c1-25(21,22)10-5-11-26(23,24)19-12-15(20-8-2-3-9-20)16-13(17)6-4-7-14(16)18/h4,6-7,15,19H,2-3,5,8-12H2,1H3. The highest BCUT2D eigenvalue weighted by Crippen LogP contribution is 2.32. The van der Waals surface area contributed by atoms with Crippen LogP contribution in [0.5, 0.6) is 0 Å². The predicted molar refractivity (Wildman–Crippen MR) is 101 cm³/mol. The van der Waals surface area contributed by atoms with Crippen LogP contribution < -0.4 is 4.72 Å². The average molecular weight is 427 g/mol. The molecule has 148 valence electrons. The van der Waals surface area contributed by atoms with Crippen LogP contribution >= 0.6 is 11.6 Å². The molecule has 1 unspecified atom stereocenters. The summed E-state index contributed by atoms with van der Waals surface area (Å²) in [5.74, 6) is -0.953. The van der Waals surface area contributed by atoms with Crippen molar-refractivity contribution >= 4 is 31.5 Å². The summed E-state index contributed by atoms with van der Waals surface area (Å²) in [6, 6.07) is 3.91. The highest BCUT2D eigenvalue weighted by Gasteiger charge is 2.28. The minimum Gasteiger partial charge on any atom is -0.295 e. The van der Waals surface area contributed by atoms with Gasteiger partial charge in [0.15, 0.2) is 0 Å². The van der Waals surface area contributed by atoms with Gasteiger partial charge in [-0.3, -0.25) is 4.90 Å². The van der Waals surface area contributed by atoms with Gasteiger partial charge in [0.1, 0.15) is 15.7 Å². The van der Waals surface area contributed by atoms with E-state index < -0.39 is 31.7 Å². The van der Waals surface area contributed by atoms with E-state index in [-0.39, 0.29) is 35.1 Å². The van der Waals surface area contributed by atoms with Crippen LogP contribution in [0.1, 0.15) is 30.9 Å². The van der Waals surface area contributed by atoms with Gasteiger partial charge in [-0.1, -0.05) is 17.7 Å². The van der Waals surface area contributed by atoms with Crippen LogP contribution in [0, 0.1) is 5.82 Å². The molecule has 6 nitrogen and oxygen atoms in total. The number of sulfone groups is 1. The summed E-state index contributed by atoms with van der Waals surface area (Å²) in [5, 5.41) is 0.262. The zero-order valence-corrected chi connectivity index (χ0v) is 17.0. The molecule has 26 heavy (non-hydrogen) atoms. The van der Waals surface area contributed by atoms with Crippen molar-refractivity contribution in [2.45, 2.75) is 25.3 Å². The highest BCUT2D eigenvalue weighted by molar-refractivity contribution is 7.91. The zero-order valence-electron chi connectivity index (χ0n) is 14.6. The topological polar surface area (TPSA) is 83.5 Å². The Bertz CT molecular complexity index is 804. The van der Waals surface area contributed by atoms with Crippen LogP contribution in [-0.4, -0.2) is 59.1 Å². The normalized spacial score (nSPS) is 17.5. The first-order chi connectivity index (χ1) is 12.1. The molecule has 10 heteroatoms. The molecule has 0 bridgehead atoms. The smallest absolute Gasteiger partial charge is 0.211 e. The van der Waals surface area contributed by atoms with Crippen molar-refractivity contribution in [3.8, 4) is 0 Å². The summed E-state index contributed by atoms with van der Waals surface area (Å²) >= 11 is 6.18. The average Bonchev–Trinajstić information content (AvgIpc) is 3.02. The number of benzene rings is 1. The molecule has 1 fully saturated rings. The van der Waals surface area contributed by atoms with E-state index in [1.54, 1.807) is 6.07 Å². The summed E-state index contributed by atoms with van der Waals surface area (Å²) < 4.78 is 63.5. The quantitative estimate of drug-likeness (QED) is 0.652. The van der Waals surface area contributed by atoms with Crippen molar-refractivity contribution in [1.82, 2.24) is 9.62 Å². The van der Waals surface area contributed by atoms with E-state index in [1.807, 2.05) is 4.90 Å². The summed E-state index contributed by atoms with van der Waals surface area (Å²) in [6.45, 7) is 1.47.